The molecule has 62 valence electrons. The molecule has 0 N–H and O–H groups in total. The Balaban J connectivity index is 2.07. The van der Waals surface area contributed by atoms with Gasteiger partial charge in [-0.3, -0.25) is 0 Å². The fraction of sp³-hybridized carbons (Fsp3) is 0.400. The highest BCUT2D eigenvalue weighted by atomic mass is 17.2. The van der Waals surface area contributed by atoms with Crippen LogP contribution < -0.4 is 0 Å². The van der Waals surface area contributed by atoms with Crippen LogP contribution in [-0.2, 0) is 16.2 Å². The molecule has 1 fully saturated rings. The van der Waals surface area contributed by atoms with Crippen LogP contribution in [0.15, 0.2) is 24.3 Å². The zero-order chi connectivity index (χ0) is 7.97. The van der Waals surface area contributed by atoms with Crippen LogP contribution in [0.2, 0.25) is 0 Å². The van der Waals surface area contributed by atoms with Gasteiger partial charge in [0, 0.05) is 0 Å². The number of fused-ring (bicyclic) bond motifs is 3. The molecular weight excluding hydrogens is 152 g/mol. The number of benzene rings is 1. The summed E-state index contributed by atoms with van der Waals surface area (Å²) in [7, 11) is 0. The smallest absolute Gasteiger partial charge is 0.147 e. The Bertz CT molecular complexity index is 308. The number of hydrogen-bond donors (Lipinski definition) is 0. The van der Waals surface area contributed by atoms with E-state index in [1.165, 1.54) is 11.1 Å². The van der Waals surface area contributed by atoms with Crippen molar-refractivity contribution in [3.8, 4) is 0 Å². The lowest BCUT2D eigenvalue weighted by Crippen LogP contribution is -2.39. The van der Waals surface area contributed by atoms with Gasteiger partial charge in [0.05, 0.1) is 0 Å². The van der Waals surface area contributed by atoms with Gasteiger partial charge in [-0.2, -0.15) is 0 Å². The normalized spacial score (nSPS) is 31.7. The van der Waals surface area contributed by atoms with Crippen LogP contribution in [-0.4, -0.2) is 6.10 Å². The Hall–Kier alpha value is -0.860. The van der Waals surface area contributed by atoms with Gasteiger partial charge in [-0.05, 0) is 24.0 Å². The quantitative estimate of drug-likeness (QED) is 0.543. The van der Waals surface area contributed by atoms with Crippen LogP contribution in [0.4, 0.5) is 0 Å². The molecule has 12 heavy (non-hydrogen) atoms. The monoisotopic (exact) mass is 162 g/mol. The number of aryl methyl sites for hydroxylation is 1. The highest BCUT2D eigenvalue weighted by Gasteiger charge is 2.40. The summed E-state index contributed by atoms with van der Waals surface area (Å²) in [6, 6.07) is 8.45. The van der Waals surface area contributed by atoms with Crippen molar-refractivity contribution in [2.24, 2.45) is 0 Å². The summed E-state index contributed by atoms with van der Waals surface area (Å²) in [6.45, 7) is 0. The maximum Gasteiger partial charge on any atom is 0.147 e. The van der Waals surface area contributed by atoms with Crippen molar-refractivity contribution in [3.63, 3.8) is 0 Å². The zero-order valence-electron chi connectivity index (χ0n) is 6.69. The maximum atomic E-state index is 5.06. The predicted molar refractivity (Wildman–Crippen MR) is 43.5 cm³/mol. The molecule has 1 saturated heterocycles. The van der Waals surface area contributed by atoms with Crippen LogP contribution in [0.3, 0.4) is 0 Å². The van der Waals surface area contributed by atoms with Crippen molar-refractivity contribution in [2.75, 3.05) is 0 Å². The average Bonchev–Trinajstić information content (AvgIpc) is 2.05. The second-order valence-corrected chi connectivity index (χ2v) is 3.39. The van der Waals surface area contributed by atoms with Crippen LogP contribution in [0.1, 0.15) is 23.7 Å². The second kappa shape index (κ2) is 2.31. The standard InChI is InChI=1S/C10H10O2/c1-2-4-8-7(3-1)5-6-9-10(8)12-11-9/h1-4,9-10H,5-6H2/t9-,10+/m0/s1. The van der Waals surface area contributed by atoms with Gasteiger partial charge >= 0.3 is 0 Å². The van der Waals surface area contributed by atoms with Gasteiger partial charge in [-0.15, -0.1) is 0 Å². The van der Waals surface area contributed by atoms with E-state index < -0.39 is 0 Å². The summed E-state index contributed by atoms with van der Waals surface area (Å²) in [5, 5.41) is 0. The van der Waals surface area contributed by atoms with Gasteiger partial charge < -0.3 is 0 Å². The number of hydrogen-bond acceptors (Lipinski definition) is 2. The molecule has 0 spiro atoms. The summed E-state index contributed by atoms with van der Waals surface area (Å²) >= 11 is 0. The van der Waals surface area contributed by atoms with Gasteiger partial charge in [0.15, 0.2) is 0 Å². The molecular formula is C10H10O2. The Labute approximate surface area is 71.0 Å². The molecule has 2 nitrogen and oxygen atoms in total. The lowest BCUT2D eigenvalue weighted by molar-refractivity contribution is -0.472. The van der Waals surface area contributed by atoms with E-state index in [9.17, 15) is 0 Å². The summed E-state index contributed by atoms with van der Waals surface area (Å²) in [4.78, 5) is 10.1. The Morgan fingerprint density at radius 1 is 1.17 bits per heavy atom. The van der Waals surface area contributed by atoms with Gasteiger partial charge in [0.25, 0.3) is 0 Å². The molecule has 1 aromatic carbocycles. The van der Waals surface area contributed by atoms with E-state index in [-0.39, 0.29) is 6.10 Å². The minimum absolute atomic E-state index is 0.218. The minimum atomic E-state index is 0.218. The minimum Gasteiger partial charge on any atom is -0.229 e. The molecule has 0 unspecified atom stereocenters. The van der Waals surface area contributed by atoms with Crippen molar-refractivity contribution in [2.45, 2.75) is 25.0 Å². The maximum absolute atomic E-state index is 5.06. The number of rotatable bonds is 0. The van der Waals surface area contributed by atoms with Crippen LogP contribution in [0.5, 0.6) is 0 Å². The van der Waals surface area contributed by atoms with E-state index in [1.807, 2.05) is 0 Å². The Morgan fingerprint density at radius 3 is 2.92 bits per heavy atom. The molecule has 2 heteroatoms. The molecule has 0 radical (unpaired) electrons. The predicted octanol–water partition coefficient (Wildman–Crippen LogP) is 2.00. The molecule has 1 aliphatic carbocycles. The summed E-state index contributed by atoms with van der Waals surface area (Å²) in [6.07, 6.45) is 2.76. The van der Waals surface area contributed by atoms with Crippen LogP contribution in [0, 0.1) is 0 Å². The first-order valence-corrected chi connectivity index (χ1v) is 4.35. The van der Waals surface area contributed by atoms with Gasteiger partial charge in [-0.25, -0.2) is 9.78 Å². The van der Waals surface area contributed by atoms with Crippen molar-refractivity contribution in [3.05, 3.63) is 35.4 Å². The molecule has 2 atom stereocenters. The second-order valence-electron chi connectivity index (χ2n) is 3.39. The summed E-state index contributed by atoms with van der Waals surface area (Å²) in [5.74, 6) is 0. The lowest BCUT2D eigenvalue weighted by Gasteiger charge is -2.39. The van der Waals surface area contributed by atoms with Gasteiger partial charge in [0.1, 0.15) is 12.2 Å². The van der Waals surface area contributed by atoms with E-state index in [2.05, 4.69) is 24.3 Å². The third-order valence-corrected chi connectivity index (χ3v) is 2.68. The highest BCUT2D eigenvalue weighted by Crippen LogP contribution is 2.41. The molecule has 3 rings (SSSR count). The molecule has 0 saturated carbocycles. The summed E-state index contributed by atoms with van der Waals surface area (Å²) in [5.41, 5.74) is 2.74. The molecule has 0 bridgehead atoms. The van der Waals surface area contributed by atoms with Gasteiger partial charge in [-0.1, -0.05) is 24.3 Å². The molecule has 0 aromatic heterocycles. The summed E-state index contributed by atoms with van der Waals surface area (Å²) < 4.78 is 0. The highest BCUT2D eigenvalue weighted by molar-refractivity contribution is 5.33. The average molecular weight is 162 g/mol. The van der Waals surface area contributed by atoms with E-state index in [4.69, 9.17) is 9.78 Å². The van der Waals surface area contributed by atoms with Crippen molar-refractivity contribution < 1.29 is 9.78 Å². The van der Waals surface area contributed by atoms with E-state index in [0.717, 1.165) is 12.8 Å². The lowest BCUT2D eigenvalue weighted by atomic mass is 9.87. The molecule has 2 aliphatic rings. The first-order chi connectivity index (χ1) is 5.95. The van der Waals surface area contributed by atoms with E-state index in [0.29, 0.717) is 6.10 Å². The fourth-order valence-corrected chi connectivity index (χ4v) is 1.98. The largest absolute Gasteiger partial charge is 0.229 e. The van der Waals surface area contributed by atoms with Crippen molar-refractivity contribution in [1.29, 1.82) is 0 Å². The molecule has 1 aliphatic heterocycles. The third kappa shape index (κ3) is 0.765. The molecule has 1 aromatic rings. The Morgan fingerprint density at radius 2 is 2.08 bits per heavy atom. The zero-order valence-corrected chi connectivity index (χ0v) is 6.69. The SMILES string of the molecule is c1ccc2c(c1)CC[C@@H]1OO[C@H]21. The van der Waals surface area contributed by atoms with E-state index >= 15 is 0 Å². The fourth-order valence-electron chi connectivity index (χ4n) is 1.98. The van der Waals surface area contributed by atoms with Gasteiger partial charge in [0.2, 0.25) is 0 Å². The third-order valence-electron chi connectivity index (χ3n) is 2.68. The van der Waals surface area contributed by atoms with Crippen LogP contribution in [0.25, 0.3) is 0 Å². The van der Waals surface area contributed by atoms with Crippen LogP contribution >= 0.6 is 0 Å². The Kier molecular flexibility index (Phi) is 1.28. The molecule has 0 amide bonds. The molecule has 1 heterocycles. The topological polar surface area (TPSA) is 18.5 Å². The van der Waals surface area contributed by atoms with Crippen molar-refractivity contribution >= 4 is 0 Å². The first-order valence-electron chi connectivity index (χ1n) is 4.35. The van der Waals surface area contributed by atoms with E-state index in [1.54, 1.807) is 0 Å². The first kappa shape index (κ1) is 6.63. The van der Waals surface area contributed by atoms with Crippen molar-refractivity contribution in [1.82, 2.24) is 0 Å².